The molecule has 3 atom stereocenters. The summed E-state index contributed by atoms with van der Waals surface area (Å²) < 4.78 is 6.31. The van der Waals surface area contributed by atoms with Crippen LogP contribution in [0.5, 0.6) is 0 Å². The largest absolute Gasteiger partial charge is 0.480 e. The van der Waals surface area contributed by atoms with Crippen molar-refractivity contribution in [1.29, 1.82) is 0 Å². The maximum Gasteiger partial charge on any atom is 0.326 e. The van der Waals surface area contributed by atoms with Gasteiger partial charge in [-0.1, -0.05) is 49.6 Å². The number of benzene rings is 2. The van der Waals surface area contributed by atoms with Crippen molar-refractivity contribution in [3.8, 4) is 11.1 Å². The molecule has 0 radical (unpaired) electrons. The van der Waals surface area contributed by atoms with E-state index in [0.717, 1.165) is 55.0 Å². The van der Waals surface area contributed by atoms with Crippen molar-refractivity contribution >= 4 is 35.4 Å². The molecule has 1 saturated carbocycles. The number of carbonyl (C=O) groups excluding carboxylic acids is 1. The minimum absolute atomic E-state index is 0.346. The monoisotopic (exact) mass is 598 g/mol. The zero-order valence-corrected chi connectivity index (χ0v) is 26.4. The number of aliphatic carboxylic acids is 1. The summed E-state index contributed by atoms with van der Waals surface area (Å²) in [5.74, 6) is 0.0301. The normalized spacial score (nSPS) is 20.7. The van der Waals surface area contributed by atoms with Gasteiger partial charge < -0.3 is 15.2 Å². The maximum absolute atomic E-state index is 13.5. The molecule has 1 heterocycles. The maximum atomic E-state index is 13.5. The Balaban J connectivity index is 1.53. The summed E-state index contributed by atoms with van der Waals surface area (Å²) in [6.07, 6.45) is 12.3. The second-order valence-corrected chi connectivity index (χ2v) is 13.7. The molecule has 1 aliphatic carbocycles. The fraction of sp³-hybridized carbons (Fsp3) is 0.576. The van der Waals surface area contributed by atoms with Crippen LogP contribution < -0.4 is 5.32 Å². The summed E-state index contributed by atoms with van der Waals surface area (Å²) >= 11 is 3.51. The van der Waals surface area contributed by atoms with Crippen LogP contribution in [0, 0.1) is 12.8 Å². The van der Waals surface area contributed by atoms with E-state index in [0.29, 0.717) is 34.9 Å². The molecule has 224 valence electrons. The van der Waals surface area contributed by atoms with Gasteiger partial charge in [0.05, 0.1) is 6.61 Å². The molecular weight excluding hydrogens is 553 g/mol. The number of hydrogen-bond donors (Lipinski definition) is 2. The average molecular weight is 599 g/mol. The molecule has 1 aliphatic heterocycles. The molecule has 2 aromatic rings. The van der Waals surface area contributed by atoms with E-state index in [-0.39, 0.29) is 5.91 Å². The number of aryl methyl sites for hydroxylation is 1. The molecule has 0 aromatic heterocycles. The third-order valence-corrected chi connectivity index (χ3v) is 10.2. The first kappa shape index (κ1) is 31.9. The number of hydrogen-bond acceptors (Lipinski definition) is 6. The first-order valence-electron chi connectivity index (χ1n) is 15.0. The molecule has 0 bridgehead atoms. The first-order chi connectivity index (χ1) is 19.9. The van der Waals surface area contributed by atoms with E-state index in [1.165, 1.54) is 32.1 Å². The molecule has 8 heteroatoms. The molecule has 2 fully saturated rings. The first-order valence-corrected chi connectivity index (χ1v) is 17.6. The number of nitrogens with zero attached hydrogens (tertiary/aromatic N) is 1. The van der Waals surface area contributed by atoms with Gasteiger partial charge in [0.1, 0.15) is 6.04 Å². The van der Waals surface area contributed by atoms with Crippen LogP contribution in [0.1, 0.15) is 66.4 Å². The standard InChI is InChI=1S/C33H46N2O4S2/c1-23-9-7-8-12-28(23)30-17-25(13-14-29(30)32(36)34-31(33(37)38)15-16-40-2)19-35-20-27(41-3)18-26(35)22-39-21-24-10-5-4-6-11-24/h7-9,12-14,17,24,26-27,31H,4-6,10-11,15-16,18-22H2,1-3H3,(H,34,36)(H,37,38)/t26?,27-,31+/m1/s1. The van der Waals surface area contributed by atoms with E-state index in [1.807, 2.05) is 61.3 Å². The average Bonchev–Trinajstić information content (AvgIpc) is 3.37. The van der Waals surface area contributed by atoms with Crippen molar-refractivity contribution in [3.05, 3.63) is 59.2 Å². The van der Waals surface area contributed by atoms with Crippen LogP contribution in [0.4, 0.5) is 0 Å². The zero-order chi connectivity index (χ0) is 29.2. The molecule has 2 aliphatic rings. The predicted molar refractivity (Wildman–Crippen MR) is 172 cm³/mol. The minimum Gasteiger partial charge on any atom is -0.480 e. The Hall–Kier alpha value is -2.00. The Kier molecular flexibility index (Phi) is 12.5. The lowest BCUT2D eigenvalue weighted by Crippen LogP contribution is -2.41. The third kappa shape index (κ3) is 8.99. The van der Waals surface area contributed by atoms with E-state index >= 15 is 0 Å². The fourth-order valence-corrected chi connectivity index (χ4v) is 7.38. The second-order valence-electron chi connectivity index (χ2n) is 11.6. The lowest BCUT2D eigenvalue weighted by atomic mass is 9.90. The van der Waals surface area contributed by atoms with Crippen molar-refractivity contribution < 1.29 is 19.4 Å². The molecular formula is C33H46N2O4S2. The van der Waals surface area contributed by atoms with Crippen molar-refractivity contribution in [2.75, 3.05) is 38.0 Å². The van der Waals surface area contributed by atoms with E-state index in [4.69, 9.17) is 4.74 Å². The van der Waals surface area contributed by atoms with Gasteiger partial charge in [-0.25, -0.2) is 4.79 Å². The van der Waals surface area contributed by atoms with Crippen LogP contribution in [-0.4, -0.2) is 77.2 Å². The Labute approximate surface area is 254 Å². The van der Waals surface area contributed by atoms with E-state index < -0.39 is 12.0 Å². The van der Waals surface area contributed by atoms with E-state index in [2.05, 4.69) is 22.5 Å². The SMILES string of the molecule is CSCC[C@H](NC(=O)c1ccc(CN2C[C@H](SC)CC2COCC2CCCCC2)cc1-c1ccccc1C)C(=O)O. The molecule has 4 rings (SSSR count). The van der Waals surface area contributed by atoms with Gasteiger partial charge in [0.25, 0.3) is 5.91 Å². The van der Waals surface area contributed by atoms with Gasteiger partial charge in [-0.2, -0.15) is 23.5 Å². The van der Waals surface area contributed by atoms with Crippen LogP contribution in [-0.2, 0) is 16.1 Å². The molecule has 0 spiro atoms. The fourth-order valence-electron chi connectivity index (χ4n) is 6.15. The summed E-state index contributed by atoms with van der Waals surface area (Å²) in [6.45, 7) is 5.51. The molecule has 6 nitrogen and oxygen atoms in total. The molecule has 1 amide bonds. The number of carboxylic acid groups (broad SMARTS) is 1. The predicted octanol–water partition coefficient (Wildman–Crippen LogP) is 6.50. The Bertz CT molecular complexity index is 1150. The smallest absolute Gasteiger partial charge is 0.326 e. The minimum atomic E-state index is -1.00. The lowest BCUT2D eigenvalue weighted by molar-refractivity contribution is -0.139. The number of ether oxygens (including phenoxy) is 1. The highest BCUT2D eigenvalue weighted by Gasteiger charge is 2.32. The number of carboxylic acids is 1. The second kappa shape index (κ2) is 16.0. The summed E-state index contributed by atoms with van der Waals surface area (Å²) in [5, 5.41) is 13.1. The highest BCUT2D eigenvalue weighted by Crippen LogP contribution is 2.32. The van der Waals surface area contributed by atoms with Crippen LogP contribution >= 0.6 is 23.5 Å². The van der Waals surface area contributed by atoms with Gasteiger partial charge in [-0.3, -0.25) is 9.69 Å². The number of carbonyl (C=O) groups is 2. The number of likely N-dealkylation sites (tertiary alicyclic amines) is 1. The molecule has 1 saturated heterocycles. The van der Waals surface area contributed by atoms with Crippen molar-refractivity contribution in [3.63, 3.8) is 0 Å². The topological polar surface area (TPSA) is 78.9 Å². The third-order valence-electron chi connectivity index (χ3n) is 8.57. The number of nitrogens with one attached hydrogen (secondary N) is 1. The van der Waals surface area contributed by atoms with Gasteiger partial charge in [0, 0.05) is 36.6 Å². The summed E-state index contributed by atoms with van der Waals surface area (Å²) in [6, 6.07) is 13.6. The number of rotatable bonds is 14. The van der Waals surface area contributed by atoms with Gasteiger partial charge in [0.15, 0.2) is 0 Å². The Morgan fingerprint density at radius 2 is 1.85 bits per heavy atom. The molecule has 2 aromatic carbocycles. The van der Waals surface area contributed by atoms with Crippen LogP contribution in [0.2, 0.25) is 0 Å². The van der Waals surface area contributed by atoms with Crippen LogP contribution in [0.25, 0.3) is 11.1 Å². The number of thioether (sulfide) groups is 2. The molecule has 1 unspecified atom stereocenters. The van der Waals surface area contributed by atoms with Crippen molar-refractivity contribution in [2.45, 2.75) is 75.7 Å². The van der Waals surface area contributed by atoms with E-state index in [9.17, 15) is 14.7 Å². The summed E-state index contributed by atoms with van der Waals surface area (Å²) in [5.41, 5.74) is 4.57. The van der Waals surface area contributed by atoms with E-state index in [1.54, 1.807) is 11.8 Å². The van der Waals surface area contributed by atoms with Crippen molar-refractivity contribution in [2.24, 2.45) is 5.92 Å². The van der Waals surface area contributed by atoms with Gasteiger partial charge in [-0.15, -0.1) is 0 Å². The lowest BCUT2D eigenvalue weighted by Gasteiger charge is -2.27. The quantitative estimate of drug-likeness (QED) is 0.257. The van der Waals surface area contributed by atoms with Crippen LogP contribution in [0.15, 0.2) is 42.5 Å². The molecule has 2 N–H and O–H groups in total. The van der Waals surface area contributed by atoms with Crippen molar-refractivity contribution in [1.82, 2.24) is 10.2 Å². The Morgan fingerprint density at radius 1 is 1.07 bits per heavy atom. The Morgan fingerprint density at radius 3 is 2.56 bits per heavy atom. The summed E-state index contributed by atoms with van der Waals surface area (Å²) in [4.78, 5) is 27.8. The number of amides is 1. The highest BCUT2D eigenvalue weighted by molar-refractivity contribution is 7.99. The zero-order valence-electron chi connectivity index (χ0n) is 24.8. The van der Waals surface area contributed by atoms with Gasteiger partial charge in [0.2, 0.25) is 0 Å². The molecule has 41 heavy (non-hydrogen) atoms. The summed E-state index contributed by atoms with van der Waals surface area (Å²) in [7, 11) is 0. The van der Waals surface area contributed by atoms with Gasteiger partial charge >= 0.3 is 5.97 Å². The highest BCUT2D eigenvalue weighted by atomic mass is 32.2. The van der Waals surface area contributed by atoms with Crippen LogP contribution in [0.3, 0.4) is 0 Å². The van der Waals surface area contributed by atoms with Gasteiger partial charge in [-0.05, 0) is 91.2 Å².